The van der Waals surface area contributed by atoms with Crippen molar-refractivity contribution in [2.75, 3.05) is 0 Å². The molecular weight excluding hydrogens is 124 g/mol. The zero-order valence-corrected chi connectivity index (χ0v) is 6.68. The molecule has 0 N–H and O–H groups in total. The molecule has 10 heavy (non-hydrogen) atoms. The van der Waals surface area contributed by atoms with E-state index < -0.39 is 0 Å². The van der Waals surface area contributed by atoms with Crippen LogP contribution < -0.4 is 0 Å². The van der Waals surface area contributed by atoms with Gasteiger partial charge in [0.15, 0.2) is 0 Å². The highest BCUT2D eigenvalue weighted by Gasteiger charge is 2.17. The van der Waals surface area contributed by atoms with E-state index in [1.54, 1.807) is 6.08 Å². The summed E-state index contributed by atoms with van der Waals surface area (Å²) in [4.78, 5) is 10.5. The molecular formula is C9H14O. The molecule has 0 aliphatic rings. The van der Waals surface area contributed by atoms with Crippen molar-refractivity contribution in [2.45, 2.75) is 26.7 Å². The molecule has 0 amide bonds. The number of hydrogen-bond donors (Lipinski definition) is 0. The zero-order chi connectivity index (χ0) is 8.04. The third kappa shape index (κ3) is 2.65. The van der Waals surface area contributed by atoms with Gasteiger partial charge in [0.25, 0.3) is 0 Å². The molecule has 0 saturated carbocycles. The second-order valence-corrected chi connectivity index (χ2v) is 2.72. The summed E-state index contributed by atoms with van der Waals surface area (Å²) in [5, 5.41) is 0. The molecule has 1 nitrogen and oxygen atoms in total. The Morgan fingerprint density at radius 1 is 1.70 bits per heavy atom. The molecule has 0 spiro atoms. The second kappa shape index (κ2) is 4.08. The van der Waals surface area contributed by atoms with Gasteiger partial charge < -0.3 is 4.79 Å². The van der Waals surface area contributed by atoms with Gasteiger partial charge in [0.2, 0.25) is 0 Å². The first-order valence-corrected chi connectivity index (χ1v) is 3.52. The van der Waals surface area contributed by atoms with Crippen LogP contribution in [0, 0.1) is 5.41 Å². The standard InChI is InChI=1S/C9H14O/c1-4-6-9(3,8-10)7-5-2/h6,8H,1,5,7H2,2-3H3. The van der Waals surface area contributed by atoms with Crippen molar-refractivity contribution in [3.63, 3.8) is 0 Å². The molecule has 0 aromatic rings. The lowest BCUT2D eigenvalue weighted by Crippen LogP contribution is -2.13. The van der Waals surface area contributed by atoms with E-state index in [-0.39, 0.29) is 5.41 Å². The molecule has 1 atom stereocenters. The summed E-state index contributed by atoms with van der Waals surface area (Å²) < 4.78 is 0. The van der Waals surface area contributed by atoms with Crippen molar-refractivity contribution in [2.24, 2.45) is 5.41 Å². The van der Waals surface area contributed by atoms with E-state index in [1.807, 2.05) is 6.92 Å². The van der Waals surface area contributed by atoms with Gasteiger partial charge in [-0.15, -0.1) is 5.73 Å². The molecule has 0 saturated heterocycles. The monoisotopic (exact) mass is 138 g/mol. The fraction of sp³-hybridized carbons (Fsp3) is 0.556. The second-order valence-electron chi connectivity index (χ2n) is 2.72. The molecule has 0 fully saturated rings. The number of allylic oxidation sites excluding steroid dienone is 1. The summed E-state index contributed by atoms with van der Waals surface area (Å²) in [5.74, 6) is 0. The molecule has 1 heteroatoms. The quantitative estimate of drug-likeness (QED) is 0.430. The first-order valence-electron chi connectivity index (χ1n) is 3.52. The number of aldehydes is 1. The van der Waals surface area contributed by atoms with E-state index >= 15 is 0 Å². The summed E-state index contributed by atoms with van der Waals surface area (Å²) in [7, 11) is 0. The normalized spacial score (nSPS) is 15.0. The van der Waals surface area contributed by atoms with Crippen LogP contribution in [-0.4, -0.2) is 6.29 Å². The summed E-state index contributed by atoms with van der Waals surface area (Å²) in [5.41, 5.74) is 2.30. The molecule has 0 aromatic carbocycles. The Morgan fingerprint density at radius 2 is 2.30 bits per heavy atom. The van der Waals surface area contributed by atoms with Gasteiger partial charge in [-0.1, -0.05) is 19.9 Å². The van der Waals surface area contributed by atoms with E-state index in [9.17, 15) is 4.79 Å². The molecule has 0 aliphatic carbocycles. The fourth-order valence-electron chi connectivity index (χ4n) is 0.937. The van der Waals surface area contributed by atoms with Crippen molar-refractivity contribution < 1.29 is 4.79 Å². The van der Waals surface area contributed by atoms with Gasteiger partial charge in [0.05, 0.1) is 0 Å². The molecule has 0 radical (unpaired) electrons. The van der Waals surface area contributed by atoms with E-state index in [0.29, 0.717) is 0 Å². The van der Waals surface area contributed by atoms with Crippen LogP contribution >= 0.6 is 0 Å². The number of rotatable bonds is 4. The topological polar surface area (TPSA) is 17.1 Å². The van der Waals surface area contributed by atoms with Gasteiger partial charge >= 0.3 is 0 Å². The summed E-state index contributed by atoms with van der Waals surface area (Å²) in [6.45, 7) is 7.38. The van der Waals surface area contributed by atoms with E-state index in [4.69, 9.17) is 0 Å². The molecule has 0 aliphatic heterocycles. The fourth-order valence-corrected chi connectivity index (χ4v) is 0.937. The van der Waals surface area contributed by atoms with Gasteiger partial charge in [-0.2, -0.15) is 0 Å². The Bertz CT molecular complexity index is 154. The predicted molar refractivity (Wildman–Crippen MR) is 42.8 cm³/mol. The third-order valence-electron chi connectivity index (χ3n) is 1.49. The largest absolute Gasteiger partial charge is 0.302 e. The maximum Gasteiger partial charge on any atom is 0.130 e. The SMILES string of the molecule is C=C=CC(C)(C=O)CCC. The van der Waals surface area contributed by atoms with Crippen LogP contribution in [0.5, 0.6) is 0 Å². The first kappa shape index (κ1) is 9.19. The Kier molecular flexibility index (Phi) is 3.75. The van der Waals surface area contributed by atoms with Crippen molar-refractivity contribution in [3.8, 4) is 0 Å². The van der Waals surface area contributed by atoms with Crippen LogP contribution in [0.1, 0.15) is 26.7 Å². The summed E-state index contributed by atoms with van der Waals surface area (Å²) in [6, 6.07) is 0. The van der Waals surface area contributed by atoms with E-state index in [1.165, 1.54) is 0 Å². The molecule has 0 rings (SSSR count). The molecule has 1 unspecified atom stereocenters. The Labute approximate surface area is 62.4 Å². The van der Waals surface area contributed by atoms with Gasteiger partial charge in [-0.3, -0.25) is 0 Å². The number of carbonyl (C=O) groups is 1. The number of carbonyl (C=O) groups excluding carboxylic acids is 1. The maximum absolute atomic E-state index is 10.5. The minimum atomic E-state index is -0.337. The molecule has 0 heterocycles. The van der Waals surface area contributed by atoms with Crippen LogP contribution in [0.3, 0.4) is 0 Å². The van der Waals surface area contributed by atoms with Crippen LogP contribution in [0.2, 0.25) is 0 Å². The van der Waals surface area contributed by atoms with Crippen LogP contribution in [0.4, 0.5) is 0 Å². The Balaban J connectivity index is 4.21. The smallest absolute Gasteiger partial charge is 0.130 e. The lowest BCUT2D eigenvalue weighted by molar-refractivity contribution is -0.113. The average molecular weight is 138 g/mol. The van der Waals surface area contributed by atoms with Crippen molar-refractivity contribution in [1.82, 2.24) is 0 Å². The molecule has 0 bridgehead atoms. The first-order chi connectivity index (χ1) is 4.68. The van der Waals surface area contributed by atoms with E-state index in [0.717, 1.165) is 19.1 Å². The van der Waals surface area contributed by atoms with Crippen molar-refractivity contribution >= 4 is 6.29 Å². The Hall–Kier alpha value is -0.810. The number of hydrogen-bond acceptors (Lipinski definition) is 1. The highest BCUT2D eigenvalue weighted by Crippen LogP contribution is 2.20. The van der Waals surface area contributed by atoms with Crippen LogP contribution in [0.15, 0.2) is 18.4 Å². The van der Waals surface area contributed by atoms with Crippen molar-refractivity contribution in [3.05, 3.63) is 18.4 Å². The van der Waals surface area contributed by atoms with E-state index in [2.05, 4.69) is 19.2 Å². The highest BCUT2D eigenvalue weighted by molar-refractivity contribution is 5.61. The highest BCUT2D eigenvalue weighted by atomic mass is 16.1. The van der Waals surface area contributed by atoms with Crippen LogP contribution in [-0.2, 0) is 4.79 Å². The summed E-state index contributed by atoms with van der Waals surface area (Å²) >= 11 is 0. The van der Waals surface area contributed by atoms with Gasteiger partial charge in [-0.05, 0) is 19.4 Å². The van der Waals surface area contributed by atoms with Crippen LogP contribution in [0.25, 0.3) is 0 Å². The zero-order valence-electron chi connectivity index (χ0n) is 6.68. The average Bonchev–Trinajstić information content (AvgIpc) is 1.89. The predicted octanol–water partition coefficient (Wildman–Crippen LogP) is 2.33. The van der Waals surface area contributed by atoms with Gasteiger partial charge in [0.1, 0.15) is 6.29 Å². The van der Waals surface area contributed by atoms with Gasteiger partial charge in [-0.25, -0.2) is 0 Å². The minimum Gasteiger partial charge on any atom is -0.302 e. The lowest BCUT2D eigenvalue weighted by Gasteiger charge is -2.14. The minimum absolute atomic E-state index is 0.337. The maximum atomic E-state index is 10.5. The van der Waals surface area contributed by atoms with Crippen molar-refractivity contribution in [1.29, 1.82) is 0 Å². The Morgan fingerprint density at radius 3 is 2.60 bits per heavy atom. The summed E-state index contributed by atoms with van der Waals surface area (Å²) in [6.07, 6.45) is 4.56. The third-order valence-corrected chi connectivity index (χ3v) is 1.49. The molecule has 56 valence electrons. The van der Waals surface area contributed by atoms with Gasteiger partial charge in [0, 0.05) is 5.41 Å². The molecule has 0 aromatic heterocycles. The lowest BCUT2D eigenvalue weighted by atomic mass is 9.87.